The van der Waals surface area contributed by atoms with Gasteiger partial charge in [-0.1, -0.05) is 30.3 Å². The summed E-state index contributed by atoms with van der Waals surface area (Å²) in [5.41, 5.74) is 5.22. The van der Waals surface area contributed by atoms with E-state index in [2.05, 4.69) is 15.8 Å². The summed E-state index contributed by atoms with van der Waals surface area (Å²) in [6.07, 6.45) is 0.267. The maximum absolute atomic E-state index is 11.0. The van der Waals surface area contributed by atoms with Crippen molar-refractivity contribution < 1.29 is 9.90 Å². The summed E-state index contributed by atoms with van der Waals surface area (Å²) in [6.45, 7) is 0. The van der Waals surface area contributed by atoms with Gasteiger partial charge in [0.1, 0.15) is 0 Å². The molecule has 92 valence electrons. The molecule has 0 amide bonds. The number of nitrogens with zero attached hydrogens (tertiary/aromatic N) is 1. The van der Waals surface area contributed by atoms with Crippen molar-refractivity contribution in [3.63, 3.8) is 0 Å². The van der Waals surface area contributed by atoms with E-state index in [0.29, 0.717) is 0 Å². The molecule has 1 aromatic rings. The van der Waals surface area contributed by atoms with Crippen LogP contribution in [0.25, 0.3) is 0 Å². The fraction of sp³-hybridized carbons (Fsp3) is 0.200. The molecule has 0 radical (unpaired) electrons. The predicted octanol–water partition coefficient (Wildman–Crippen LogP) is -1.04. The quantitative estimate of drug-likeness (QED) is 0.197. The molecule has 0 heterocycles. The summed E-state index contributed by atoms with van der Waals surface area (Å²) < 4.78 is 0. The minimum atomic E-state index is -1.04. The molecule has 0 aliphatic carbocycles. The van der Waals surface area contributed by atoms with Gasteiger partial charge in [-0.25, -0.2) is 21.5 Å². The summed E-state index contributed by atoms with van der Waals surface area (Å²) in [6, 6.07) is 8.24. The fourth-order valence-electron chi connectivity index (χ4n) is 1.30. The van der Waals surface area contributed by atoms with E-state index in [1.165, 1.54) is 0 Å². The highest BCUT2D eigenvalue weighted by atomic mass is 16.4. The van der Waals surface area contributed by atoms with Crippen molar-refractivity contribution in [2.24, 2.45) is 16.7 Å². The molecule has 7 nitrogen and oxygen atoms in total. The van der Waals surface area contributed by atoms with Gasteiger partial charge in [0.25, 0.3) is 0 Å². The second-order valence-electron chi connectivity index (χ2n) is 3.31. The van der Waals surface area contributed by atoms with Crippen molar-refractivity contribution in [1.82, 2.24) is 10.9 Å². The topological polar surface area (TPSA) is 126 Å². The Morgan fingerprint density at radius 1 is 1.29 bits per heavy atom. The van der Waals surface area contributed by atoms with Crippen molar-refractivity contribution in [3.8, 4) is 0 Å². The van der Waals surface area contributed by atoms with Crippen LogP contribution in [0.15, 0.2) is 35.3 Å². The fourth-order valence-corrected chi connectivity index (χ4v) is 1.30. The number of guanidine groups is 1. The van der Waals surface area contributed by atoms with Gasteiger partial charge in [-0.3, -0.25) is 10.9 Å². The minimum absolute atomic E-state index is 0.0216. The van der Waals surface area contributed by atoms with Gasteiger partial charge in [-0.2, -0.15) is 0 Å². The third-order valence-corrected chi connectivity index (χ3v) is 2.12. The number of carboxylic acid groups (broad SMARTS) is 1. The highest BCUT2D eigenvalue weighted by Crippen LogP contribution is 2.06. The van der Waals surface area contributed by atoms with E-state index in [1.807, 2.05) is 30.3 Å². The van der Waals surface area contributed by atoms with Crippen LogP contribution in [0.3, 0.4) is 0 Å². The largest absolute Gasteiger partial charge is 0.480 e. The zero-order valence-electron chi connectivity index (χ0n) is 9.13. The van der Waals surface area contributed by atoms with Gasteiger partial charge >= 0.3 is 5.97 Å². The maximum atomic E-state index is 11.0. The standard InChI is InChI=1S/C10H15N5O2/c11-14-10(15-12)13-8(9(16)17)6-7-4-2-1-3-5-7/h1-5,8H,6,11-12H2,(H,16,17)(H2,13,14,15). The molecule has 17 heavy (non-hydrogen) atoms. The Bertz CT molecular complexity index is 387. The molecule has 1 unspecified atom stereocenters. The zero-order chi connectivity index (χ0) is 12.7. The highest BCUT2D eigenvalue weighted by molar-refractivity contribution is 5.83. The number of hydrogen-bond acceptors (Lipinski definition) is 4. The molecule has 0 spiro atoms. The van der Waals surface area contributed by atoms with E-state index in [9.17, 15) is 4.79 Å². The molecule has 0 saturated heterocycles. The number of nitrogens with two attached hydrogens (primary N) is 2. The SMILES string of the molecule is NNC(=NC(Cc1ccccc1)C(=O)O)NN. The number of carbonyl (C=O) groups is 1. The minimum Gasteiger partial charge on any atom is -0.480 e. The van der Waals surface area contributed by atoms with Crippen molar-refractivity contribution >= 4 is 11.9 Å². The first-order valence-electron chi connectivity index (χ1n) is 4.95. The van der Waals surface area contributed by atoms with Gasteiger partial charge < -0.3 is 5.11 Å². The lowest BCUT2D eigenvalue weighted by Crippen LogP contribution is -2.46. The van der Waals surface area contributed by atoms with Crippen molar-refractivity contribution in [3.05, 3.63) is 35.9 Å². The van der Waals surface area contributed by atoms with Crippen LogP contribution in [-0.2, 0) is 11.2 Å². The predicted molar refractivity (Wildman–Crippen MR) is 63.7 cm³/mol. The van der Waals surface area contributed by atoms with E-state index in [0.717, 1.165) is 5.56 Å². The van der Waals surface area contributed by atoms with Crippen LogP contribution >= 0.6 is 0 Å². The third kappa shape index (κ3) is 4.09. The summed E-state index contributed by atoms with van der Waals surface area (Å²) in [4.78, 5) is 14.9. The van der Waals surface area contributed by atoms with Gasteiger partial charge in [-0.05, 0) is 5.56 Å². The van der Waals surface area contributed by atoms with Gasteiger partial charge in [0, 0.05) is 6.42 Å². The molecule has 0 saturated carbocycles. The maximum Gasteiger partial charge on any atom is 0.328 e. The normalized spacial score (nSPS) is 11.4. The lowest BCUT2D eigenvalue weighted by atomic mass is 10.1. The number of benzene rings is 1. The molecule has 1 aromatic carbocycles. The average Bonchev–Trinajstić information content (AvgIpc) is 2.35. The summed E-state index contributed by atoms with van der Waals surface area (Å²) >= 11 is 0. The second kappa shape index (κ2) is 6.46. The van der Waals surface area contributed by atoms with E-state index >= 15 is 0 Å². The Morgan fingerprint density at radius 3 is 2.35 bits per heavy atom. The Kier molecular flexibility index (Phi) is 4.92. The van der Waals surface area contributed by atoms with Crippen molar-refractivity contribution in [2.45, 2.75) is 12.5 Å². The molecule has 0 fully saturated rings. The van der Waals surface area contributed by atoms with Gasteiger partial charge in [0.15, 0.2) is 6.04 Å². The first kappa shape index (κ1) is 12.9. The van der Waals surface area contributed by atoms with Crippen LogP contribution in [0, 0.1) is 0 Å². The van der Waals surface area contributed by atoms with Gasteiger partial charge in [0.05, 0.1) is 0 Å². The number of aliphatic imine (C=N–C) groups is 1. The lowest BCUT2D eigenvalue weighted by Gasteiger charge is -2.10. The number of hydrogen-bond donors (Lipinski definition) is 5. The first-order valence-corrected chi connectivity index (χ1v) is 4.95. The Balaban J connectivity index is 2.81. The summed E-state index contributed by atoms with van der Waals surface area (Å²) in [7, 11) is 0. The molecular weight excluding hydrogens is 222 g/mol. The Hall–Kier alpha value is -2.12. The summed E-state index contributed by atoms with van der Waals surface area (Å²) in [5.74, 6) is 9.19. The van der Waals surface area contributed by atoms with Crippen LogP contribution in [0.1, 0.15) is 5.56 Å². The number of hydrazine groups is 2. The van der Waals surface area contributed by atoms with E-state index in [-0.39, 0.29) is 12.4 Å². The number of nitrogens with one attached hydrogen (secondary N) is 2. The van der Waals surface area contributed by atoms with Gasteiger partial charge in [-0.15, -0.1) is 0 Å². The lowest BCUT2D eigenvalue weighted by molar-refractivity contribution is -0.138. The monoisotopic (exact) mass is 237 g/mol. The zero-order valence-corrected chi connectivity index (χ0v) is 9.13. The van der Waals surface area contributed by atoms with Crippen LogP contribution in [0.4, 0.5) is 0 Å². The molecule has 1 rings (SSSR count). The number of aliphatic carboxylic acids is 1. The Morgan fingerprint density at radius 2 is 1.88 bits per heavy atom. The summed E-state index contributed by atoms with van der Waals surface area (Å²) in [5, 5.41) is 9.03. The van der Waals surface area contributed by atoms with Crippen LogP contribution in [-0.4, -0.2) is 23.1 Å². The smallest absolute Gasteiger partial charge is 0.328 e. The molecule has 0 aromatic heterocycles. The molecule has 7 heteroatoms. The van der Waals surface area contributed by atoms with E-state index in [4.69, 9.17) is 16.8 Å². The van der Waals surface area contributed by atoms with Crippen LogP contribution in [0.2, 0.25) is 0 Å². The molecule has 0 aliphatic rings. The van der Waals surface area contributed by atoms with Crippen LogP contribution in [0.5, 0.6) is 0 Å². The van der Waals surface area contributed by atoms with E-state index < -0.39 is 12.0 Å². The number of rotatable bonds is 4. The van der Waals surface area contributed by atoms with Crippen molar-refractivity contribution in [2.75, 3.05) is 0 Å². The highest BCUT2D eigenvalue weighted by Gasteiger charge is 2.17. The molecule has 0 aliphatic heterocycles. The Labute approximate surface area is 98.5 Å². The van der Waals surface area contributed by atoms with Crippen LogP contribution < -0.4 is 22.5 Å². The van der Waals surface area contributed by atoms with Gasteiger partial charge in [0.2, 0.25) is 5.96 Å². The molecule has 1 atom stereocenters. The average molecular weight is 237 g/mol. The molecular formula is C10H15N5O2. The third-order valence-electron chi connectivity index (χ3n) is 2.12. The molecule has 7 N–H and O–H groups in total. The first-order chi connectivity index (χ1) is 8.17. The van der Waals surface area contributed by atoms with E-state index in [1.54, 1.807) is 0 Å². The number of carboxylic acids is 1. The van der Waals surface area contributed by atoms with Crippen molar-refractivity contribution in [1.29, 1.82) is 0 Å². The molecule has 0 bridgehead atoms. The second-order valence-corrected chi connectivity index (χ2v) is 3.31.